The summed E-state index contributed by atoms with van der Waals surface area (Å²) in [7, 11) is 0. The van der Waals surface area contributed by atoms with Crippen LogP contribution in [-0.2, 0) is 9.59 Å². The monoisotopic (exact) mass is 306 g/mol. The molecule has 0 spiro atoms. The fourth-order valence-corrected chi connectivity index (χ4v) is 2.77. The Bertz CT molecular complexity index is 690. The number of hydrogen-bond acceptors (Lipinski definition) is 3. The molecule has 1 aliphatic rings. The first-order chi connectivity index (χ1) is 11.2. The molecule has 3 rings (SSSR count). The van der Waals surface area contributed by atoms with Gasteiger partial charge in [-0.1, -0.05) is 60.7 Å². The third-order valence-electron chi connectivity index (χ3n) is 3.88. The second-order valence-electron chi connectivity index (χ2n) is 5.39. The van der Waals surface area contributed by atoms with Crippen molar-refractivity contribution < 1.29 is 9.59 Å². The number of hydrogen-bond donors (Lipinski definition) is 1. The van der Waals surface area contributed by atoms with Crippen molar-refractivity contribution in [2.24, 2.45) is 5.73 Å². The van der Waals surface area contributed by atoms with Crippen molar-refractivity contribution in [2.75, 3.05) is 13.1 Å². The molecule has 1 heterocycles. The van der Waals surface area contributed by atoms with Crippen LogP contribution in [0.25, 0.3) is 11.1 Å². The van der Waals surface area contributed by atoms with Crippen LogP contribution >= 0.6 is 0 Å². The lowest BCUT2D eigenvalue weighted by Gasteiger charge is -2.14. The van der Waals surface area contributed by atoms with Crippen LogP contribution in [0.15, 0.2) is 60.7 Å². The average molecular weight is 306 g/mol. The van der Waals surface area contributed by atoms with E-state index in [0.717, 1.165) is 11.1 Å². The first-order valence-corrected chi connectivity index (χ1v) is 7.65. The Labute approximate surface area is 135 Å². The van der Waals surface area contributed by atoms with Gasteiger partial charge in [0.1, 0.15) is 0 Å². The average Bonchev–Trinajstić information content (AvgIpc) is 2.85. The molecule has 0 aliphatic carbocycles. The second kappa shape index (κ2) is 6.58. The van der Waals surface area contributed by atoms with Gasteiger partial charge in [0.2, 0.25) is 0 Å². The number of carbonyl (C=O) groups is 2. The third-order valence-corrected chi connectivity index (χ3v) is 3.88. The molecule has 2 aromatic carbocycles. The van der Waals surface area contributed by atoms with E-state index < -0.39 is 0 Å². The molecule has 0 fully saturated rings. The lowest BCUT2D eigenvalue weighted by Crippen LogP contribution is -2.33. The SMILES string of the molecule is NCCCN1C(=O)C(c2ccccc2)=C(c2ccccc2)C1=O. The van der Waals surface area contributed by atoms with Crippen LogP contribution < -0.4 is 5.73 Å². The number of imide groups is 1. The molecule has 0 saturated heterocycles. The lowest BCUT2D eigenvalue weighted by atomic mass is 9.96. The molecule has 1 aliphatic heterocycles. The predicted octanol–water partition coefficient (Wildman–Crippen LogP) is 2.32. The van der Waals surface area contributed by atoms with Gasteiger partial charge in [0, 0.05) is 6.54 Å². The number of amides is 2. The molecular weight excluding hydrogens is 288 g/mol. The van der Waals surface area contributed by atoms with Gasteiger partial charge in [0.05, 0.1) is 11.1 Å². The summed E-state index contributed by atoms with van der Waals surface area (Å²) in [5.41, 5.74) is 8.00. The summed E-state index contributed by atoms with van der Waals surface area (Å²) >= 11 is 0. The van der Waals surface area contributed by atoms with E-state index in [0.29, 0.717) is 30.7 Å². The minimum atomic E-state index is -0.242. The summed E-state index contributed by atoms with van der Waals surface area (Å²) in [6.45, 7) is 0.791. The van der Waals surface area contributed by atoms with Gasteiger partial charge < -0.3 is 5.73 Å². The maximum Gasteiger partial charge on any atom is 0.262 e. The molecule has 2 aromatic rings. The Hall–Kier alpha value is -2.72. The summed E-state index contributed by atoms with van der Waals surface area (Å²) < 4.78 is 0. The summed E-state index contributed by atoms with van der Waals surface area (Å²) in [6.07, 6.45) is 0.599. The Morgan fingerprint density at radius 2 is 1.17 bits per heavy atom. The Kier molecular flexibility index (Phi) is 4.35. The fourth-order valence-electron chi connectivity index (χ4n) is 2.77. The van der Waals surface area contributed by atoms with Gasteiger partial charge in [-0.3, -0.25) is 14.5 Å². The van der Waals surface area contributed by atoms with Crippen LogP contribution in [0, 0.1) is 0 Å². The fraction of sp³-hybridized carbons (Fsp3) is 0.158. The highest BCUT2D eigenvalue weighted by molar-refractivity contribution is 6.48. The first-order valence-electron chi connectivity index (χ1n) is 7.65. The maximum atomic E-state index is 12.8. The van der Waals surface area contributed by atoms with Crippen LogP contribution in [0.5, 0.6) is 0 Å². The molecule has 0 saturated carbocycles. The van der Waals surface area contributed by atoms with E-state index in [9.17, 15) is 9.59 Å². The van der Waals surface area contributed by atoms with Gasteiger partial charge in [-0.2, -0.15) is 0 Å². The van der Waals surface area contributed by atoms with E-state index in [4.69, 9.17) is 5.73 Å². The third kappa shape index (κ3) is 2.81. The van der Waals surface area contributed by atoms with E-state index in [-0.39, 0.29) is 11.8 Å². The van der Waals surface area contributed by atoms with E-state index >= 15 is 0 Å². The Morgan fingerprint density at radius 3 is 1.57 bits per heavy atom. The molecule has 0 atom stereocenters. The highest BCUT2D eigenvalue weighted by Crippen LogP contribution is 2.35. The summed E-state index contributed by atoms with van der Waals surface area (Å²) in [5, 5.41) is 0. The van der Waals surface area contributed by atoms with E-state index in [1.54, 1.807) is 0 Å². The normalized spacial score (nSPS) is 14.7. The van der Waals surface area contributed by atoms with E-state index in [2.05, 4.69) is 0 Å². The minimum absolute atomic E-state index is 0.242. The first kappa shape index (κ1) is 15.2. The zero-order chi connectivity index (χ0) is 16.2. The second-order valence-corrected chi connectivity index (χ2v) is 5.39. The molecule has 23 heavy (non-hydrogen) atoms. The van der Waals surface area contributed by atoms with Crippen LogP contribution in [0.3, 0.4) is 0 Å². The molecule has 0 bridgehead atoms. The summed E-state index contributed by atoms with van der Waals surface area (Å²) in [5.74, 6) is -0.484. The topological polar surface area (TPSA) is 63.4 Å². The van der Waals surface area contributed by atoms with Crippen LogP contribution in [-0.4, -0.2) is 29.8 Å². The zero-order valence-electron chi connectivity index (χ0n) is 12.7. The number of nitrogens with zero attached hydrogens (tertiary/aromatic N) is 1. The Morgan fingerprint density at radius 1 is 0.739 bits per heavy atom. The standard InChI is InChI=1S/C19H18N2O2/c20-12-7-13-21-18(22)16(14-8-3-1-4-9-14)17(19(21)23)15-10-5-2-6-11-15/h1-6,8-11H,7,12-13,20H2. The largest absolute Gasteiger partial charge is 0.330 e. The van der Waals surface area contributed by atoms with Crippen molar-refractivity contribution >= 4 is 23.0 Å². The highest BCUT2D eigenvalue weighted by Gasteiger charge is 2.38. The lowest BCUT2D eigenvalue weighted by molar-refractivity contribution is -0.136. The van der Waals surface area contributed by atoms with Gasteiger partial charge in [-0.05, 0) is 24.1 Å². The Balaban J connectivity index is 2.13. The molecule has 0 unspecified atom stereocenters. The maximum absolute atomic E-state index is 12.8. The van der Waals surface area contributed by atoms with Crippen LogP contribution in [0.2, 0.25) is 0 Å². The van der Waals surface area contributed by atoms with E-state index in [1.807, 2.05) is 60.7 Å². The van der Waals surface area contributed by atoms with Crippen LogP contribution in [0.4, 0.5) is 0 Å². The molecule has 4 nitrogen and oxygen atoms in total. The predicted molar refractivity (Wildman–Crippen MR) is 90.1 cm³/mol. The zero-order valence-corrected chi connectivity index (χ0v) is 12.7. The molecule has 4 heteroatoms. The van der Waals surface area contributed by atoms with Crippen molar-refractivity contribution in [3.63, 3.8) is 0 Å². The number of rotatable bonds is 5. The van der Waals surface area contributed by atoms with Crippen molar-refractivity contribution in [1.82, 2.24) is 4.90 Å². The van der Waals surface area contributed by atoms with Crippen molar-refractivity contribution in [3.8, 4) is 0 Å². The highest BCUT2D eigenvalue weighted by atomic mass is 16.2. The molecule has 0 radical (unpaired) electrons. The molecular formula is C19H18N2O2. The molecule has 116 valence electrons. The number of carbonyl (C=O) groups excluding carboxylic acids is 2. The molecule has 0 aromatic heterocycles. The van der Waals surface area contributed by atoms with Gasteiger partial charge in [0.25, 0.3) is 11.8 Å². The van der Waals surface area contributed by atoms with Crippen molar-refractivity contribution in [3.05, 3.63) is 71.8 Å². The van der Waals surface area contributed by atoms with Gasteiger partial charge in [-0.25, -0.2) is 0 Å². The quantitative estimate of drug-likeness (QED) is 0.862. The van der Waals surface area contributed by atoms with Gasteiger partial charge in [0.15, 0.2) is 0 Å². The van der Waals surface area contributed by atoms with Crippen molar-refractivity contribution in [1.29, 1.82) is 0 Å². The van der Waals surface area contributed by atoms with Crippen molar-refractivity contribution in [2.45, 2.75) is 6.42 Å². The summed E-state index contributed by atoms with van der Waals surface area (Å²) in [6, 6.07) is 18.7. The minimum Gasteiger partial charge on any atom is -0.330 e. The van der Waals surface area contributed by atoms with Gasteiger partial charge >= 0.3 is 0 Å². The summed E-state index contributed by atoms with van der Waals surface area (Å²) in [4.78, 5) is 26.9. The smallest absolute Gasteiger partial charge is 0.262 e. The van der Waals surface area contributed by atoms with Gasteiger partial charge in [-0.15, -0.1) is 0 Å². The van der Waals surface area contributed by atoms with Crippen LogP contribution in [0.1, 0.15) is 17.5 Å². The van der Waals surface area contributed by atoms with E-state index in [1.165, 1.54) is 4.90 Å². The number of benzene rings is 2. The molecule has 2 N–H and O–H groups in total. The number of nitrogens with two attached hydrogens (primary N) is 1. The molecule has 2 amide bonds.